The monoisotopic (exact) mass is 210 g/mol. The zero-order valence-electron chi connectivity index (χ0n) is 8.13. The first-order valence-electron chi connectivity index (χ1n) is 4.52. The minimum absolute atomic E-state index is 0.157. The normalized spacial score (nSPS) is 10.8. The van der Waals surface area contributed by atoms with E-state index < -0.39 is 0 Å². The summed E-state index contributed by atoms with van der Waals surface area (Å²) in [5, 5.41) is 2.74. The van der Waals surface area contributed by atoms with Crippen LogP contribution in [0.5, 0.6) is 5.75 Å². The van der Waals surface area contributed by atoms with Crippen LogP contribution < -0.4 is 4.74 Å². The van der Waals surface area contributed by atoms with E-state index in [4.69, 9.17) is 4.74 Å². The number of fused-ring (bicyclic) bond motifs is 1. The third-order valence-electron chi connectivity index (χ3n) is 2.04. The summed E-state index contributed by atoms with van der Waals surface area (Å²) >= 11 is 1.39. The minimum atomic E-state index is -0.157. The molecule has 2 aromatic rings. The van der Waals surface area contributed by atoms with Crippen molar-refractivity contribution in [3.8, 4) is 5.75 Å². The van der Waals surface area contributed by atoms with Gasteiger partial charge in [-0.05, 0) is 31.5 Å². The molecule has 0 aliphatic rings. The Morgan fingerprint density at radius 3 is 2.93 bits per heavy atom. The summed E-state index contributed by atoms with van der Waals surface area (Å²) in [6, 6.07) is 3.51. The van der Waals surface area contributed by atoms with E-state index in [0.717, 1.165) is 16.7 Å². The van der Waals surface area contributed by atoms with E-state index in [2.05, 4.69) is 0 Å². The first kappa shape index (κ1) is 9.46. The number of benzene rings is 1. The molecule has 0 fully saturated rings. The third-order valence-corrected chi connectivity index (χ3v) is 3.02. The molecule has 0 saturated carbocycles. The maximum Gasteiger partial charge on any atom is 0.141 e. The van der Waals surface area contributed by atoms with E-state index in [1.54, 1.807) is 6.07 Å². The summed E-state index contributed by atoms with van der Waals surface area (Å²) in [6.45, 7) is 4.42. The van der Waals surface area contributed by atoms with Gasteiger partial charge in [0.2, 0.25) is 0 Å². The van der Waals surface area contributed by atoms with Gasteiger partial charge in [-0.1, -0.05) is 0 Å². The van der Waals surface area contributed by atoms with Gasteiger partial charge >= 0.3 is 0 Å². The van der Waals surface area contributed by atoms with Gasteiger partial charge in [0.15, 0.2) is 0 Å². The molecule has 74 valence electrons. The Kier molecular flexibility index (Phi) is 2.42. The van der Waals surface area contributed by atoms with Crippen LogP contribution >= 0.6 is 11.3 Å². The molecule has 1 aromatic heterocycles. The maximum atomic E-state index is 13.5. The van der Waals surface area contributed by atoms with Crippen molar-refractivity contribution in [3.63, 3.8) is 0 Å². The zero-order valence-corrected chi connectivity index (χ0v) is 8.95. The van der Waals surface area contributed by atoms with Crippen LogP contribution in [-0.4, -0.2) is 6.61 Å². The molecule has 2 rings (SSSR count). The average molecular weight is 210 g/mol. The highest BCUT2D eigenvalue weighted by Gasteiger charge is 2.09. The van der Waals surface area contributed by atoms with Crippen molar-refractivity contribution in [2.75, 3.05) is 6.61 Å². The zero-order chi connectivity index (χ0) is 10.1. The summed E-state index contributed by atoms with van der Waals surface area (Å²) in [4.78, 5) is 0. The van der Waals surface area contributed by atoms with Gasteiger partial charge in [-0.3, -0.25) is 0 Å². The molecule has 0 N–H and O–H groups in total. The van der Waals surface area contributed by atoms with Crippen molar-refractivity contribution in [2.24, 2.45) is 0 Å². The summed E-state index contributed by atoms with van der Waals surface area (Å²) in [6.07, 6.45) is 0. The lowest BCUT2D eigenvalue weighted by atomic mass is 10.2. The molecule has 3 heteroatoms. The van der Waals surface area contributed by atoms with Gasteiger partial charge in [-0.15, -0.1) is 11.3 Å². The Hall–Kier alpha value is -1.09. The predicted molar refractivity (Wildman–Crippen MR) is 57.7 cm³/mol. The highest BCUT2D eigenvalue weighted by atomic mass is 32.1. The highest BCUT2D eigenvalue weighted by Crippen LogP contribution is 2.34. The van der Waals surface area contributed by atoms with Crippen molar-refractivity contribution in [1.29, 1.82) is 0 Å². The van der Waals surface area contributed by atoms with Crippen molar-refractivity contribution >= 4 is 21.4 Å². The van der Waals surface area contributed by atoms with Crippen molar-refractivity contribution in [2.45, 2.75) is 13.8 Å². The lowest BCUT2D eigenvalue weighted by Gasteiger charge is -2.01. The van der Waals surface area contributed by atoms with Gasteiger partial charge < -0.3 is 4.74 Å². The van der Waals surface area contributed by atoms with Crippen LogP contribution in [0.3, 0.4) is 0 Å². The Morgan fingerprint density at radius 2 is 2.21 bits per heavy atom. The molecule has 1 heterocycles. The quantitative estimate of drug-likeness (QED) is 0.733. The molecule has 1 aromatic carbocycles. The second-order valence-electron chi connectivity index (χ2n) is 3.16. The average Bonchev–Trinajstić information content (AvgIpc) is 2.49. The fourth-order valence-electron chi connectivity index (χ4n) is 1.47. The highest BCUT2D eigenvalue weighted by molar-refractivity contribution is 7.17. The van der Waals surface area contributed by atoms with Gasteiger partial charge in [0.25, 0.3) is 0 Å². The molecular formula is C11H11FOS. The molecule has 0 spiro atoms. The van der Waals surface area contributed by atoms with E-state index >= 15 is 0 Å². The molecule has 0 saturated heterocycles. The lowest BCUT2D eigenvalue weighted by molar-refractivity contribution is 0.345. The number of ether oxygens (including phenoxy) is 1. The number of rotatable bonds is 2. The standard InChI is InChI=1S/C11H11FOS/c1-3-13-10-6-14-11-8(10)4-7(2)5-9(11)12/h4-6H,3H2,1-2H3. The maximum absolute atomic E-state index is 13.5. The smallest absolute Gasteiger partial charge is 0.141 e. The van der Waals surface area contributed by atoms with Gasteiger partial charge in [-0.25, -0.2) is 4.39 Å². The Bertz CT molecular complexity index is 462. The second kappa shape index (κ2) is 3.58. The summed E-state index contributed by atoms with van der Waals surface area (Å²) in [5.41, 5.74) is 0.925. The van der Waals surface area contributed by atoms with Gasteiger partial charge in [0.05, 0.1) is 11.3 Å². The summed E-state index contributed by atoms with van der Waals surface area (Å²) in [7, 11) is 0. The fraction of sp³-hybridized carbons (Fsp3) is 0.273. The van der Waals surface area contributed by atoms with E-state index in [-0.39, 0.29) is 5.82 Å². The molecular weight excluding hydrogens is 199 g/mol. The Labute approximate surface area is 86.1 Å². The number of halogens is 1. The number of hydrogen-bond acceptors (Lipinski definition) is 2. The van der Waals surface area contributed by atoms with E-state index in [1.807, 2.05) is 25.3 Å². The molecule has 0 bridgehead atoms. The topological polar surface area (TPSA) is 9.23 Å². The molecule has 0 unspecified atom stereocenters. The minimum Gasteiger partial charge on any atom is -0.492 e. The van der Waals surface area contributed by atoms with Crippen molar-refractivity contribution in [3.05, 3.63) is 28.9 Å². The van der Waals surface area contributed by atoms with Crippen LogP contribution in [0.25, 0.3) is 10.1 Å². The lowest BCUT2D eigenvalue weighted by Crippen LogP contribution is -1.89. The number of aryl methyl sites for hydroxylation is 1. The third kappa shape index (κ3) is 1.48. The van der Waals surface area contributed by atoms with Crippen LogP contribution in [0.4, 0.5) is 4.39 Å². The molecule has 0 aliphatic carbocycles. The largest absolute Gasteiger partial charge is 0.492 e. The van der Waals surface area contributed by atoms with Crippen LogP contribution in [0, 0.1) is 12.7 Å². The summed E-state index contributed by atoms with van der Waals surface area (Å²) < 4.78 is 19.5. The molecule has 1 nitrogen and oxygen atoms in total. The van der Waals surface area contributed by atoms with Crippen LogP contribution in [-0.2, 0) is 0 Å². The van der Waals surface area contributed by atoms with Crippen LogP contribution in [0.2, 0.25) is 0 Å². The van der Waals surface area contributed by atoms with Gasteiger partial charge in [-0.2, -0.15) is 0 Å². The predicted octanol–water partition coefficient (Wildman–Crippen LogP) is 3.75. The number of hydrogen-bond donors (Lipinski definition) is 0. The Morgan fingerprint density at radius 1 is 1.43 bits per heavy atom. The Balaban J connectivity index is 2.66. The summed E-state index contributed by atoms with van der Waals surface area (Å²) in [5.74, 6) is 0.631. The fourth-order valence-corrected chi connectivity index (χ4v) is 2.35. The van der Waals surface area contributed by atoms with Gasteiger partial charge in [0, 0.05) is 10.8 Å². The first-order chi connectivity index (χ1) is 6.72. The van der Waals surface area contributed by atoms with Crippen LogP contribution in [0.15, 0.2) is 17.5 Å². The van der Waals surface area contributed by atoms with Gasteiger partial charge in [0.1, 0.15) is 11.6 Å². The van der Waals surface area contributed by atoms with Crippen molar-refractivity contribution < 1.29 is 9.13 Å². The molecule has 14 heavy (non-hydrogen) atoms. The molecule has 0 radical (unpaired) electrons. The first-order valence-corrected chi connectivity index (χ1v) is 5.40. The van der Waals surface area contributed by atoms with E-state index in [1.165, 1.54) is 11.3 Å². The molecule has 0 aliphatic heterocycles. The van der Waals surface area contributed by atoms with Crippen LogP contribution in [0.1, 0.15) is 12.5 Å². The SMILES string of the molecule is CCOc1csc2c(F)cc(C)cc12. The van der Waals surface area contributed by atoms with Crippen molar-refractivity contribution in [1.82, 2.24) is 0 Å². The molecule has 0 atom stereocenters. The van der Waals surface area contributed by atoms with E-state index in [9.17, 15) is 4.39 Å². The molecule has 0 amide bonds. The second-order valence-corrected chi connectivity index (χ2v) is 4.04. The number of thiophene rings is 1. The van der Waals surface area contributed by atoms with E-state index in [0.29, 0.717) is 11.3 Å².